The predicted octanol–water partition coefficient (Wildman–Crippen LogP) is 0.230. The number of phenolic OH excluding ortho intramolecular Hbond substituents is 1. The highest BCUT2D eigenvalue weighted by Gasteiger charge is 2.19. The third-order valence-electron chi connectivity index (χ3n) is 2.46. The summed E-state index contributed by atoms with van der Waals surface area (Å²) in [5.41, 5.74) is -0.000378. The summed E-state index contributed by atoms with van der Waals surface area (Å²) >= 11 is 0. The van der Waals surface area contributed by atoms with Gasteiger partial charge in [-0.05, 0) is 18.2 Å². The Kier molecular flexibility index (Phi) is 5.13. The van der Waals surface area contributed by atoms with Gasteiger partial charge >= 0.3 is 5.97 Å². The van der Waals surface area contributed by atoms with Gasteiger partial charge in [0.15, 0.2) is 6.10 Å². The van der Waals surface area contributed by atoms with Gasteiger partial charge in [0.1, 0.15) is 11.5 Å². The third-order valence-corrected chi connectivity index (χ3v) is 2.46. The van der Waals surface area contributed by atoms with Gasteiger partial charge in [-0.2, -0.15) is 0 Å². The molecular formula is C12H15NO6. The molecule has 0 aromatic heterocycles. The van der Waals surface area contributed by atoms with Crippen LogP contribution in [-0.2, 0) is 9.53 Å². The smallest absolute Gasteiger partial charge is 0.334 e. The van der Waals surface area contributed by atoms with Gasteiger partial charge in [0, 0.05) is 7.11 Å². The van der Waals surface area contributed by atoms with Crippen LogP contribution >= 0.6 is 0 Å². The largest absolute Gasteiger partial charge is 0.507 e. The number of hydrogen-bond acceptors (Lipinski definition) is 5. The van der Waals surface area contributed by atoms with E-state index in [2.05, 4.69) is 10.1 Å². The van der Waals surface area contributed by atoms with E-state index in [-0.39, 0.29) is 17.9 Å². The number of rotatable bonds is 6. The number of carbonyl (C=O) groups excluding carboxylic acids is 1. The lowest BCUT2D eigenvalue weighted by Crippen LogP contribution is -2.37. The monoisotopic (exact) mass is 269 g/mol. The molecule has 0 aliphatic heterocycles. The minimum Gasteiger partial charge on any atom is -0.507 e. The van der Waals surface area contributed by atoms with Crippen molar-refractivity contribution in [2.45, 2.75) is 6.10 Å². The van der Waals surface area contributed by atoms with Gasteiger partial charge in [-0.15, -0.1) is 0 Å². The van der Waals surface area contributed by atoms with E-state index < -0.39 is 18.0 Å². The molecule has 1 rings (SSSR count). The molecule has 0 aliphatic rings. The number of benzene rings is 1. The Hall–Kier alpha value is -2.28. The Labute approximate surface area is 109 Å². The molecule has 0 aliphatic carbocycles. The van der Waals surface area contributed by atoms with E-state index in [1.54, 1.807) is 0 Å². The summed E-state index contributed by atoms with van der Waals surface area (Å²) in [6.45, 7) is -0.207. The summed E-state index contributed by atoms with van der Waals surface area (Å²) in [5.74, 6) is -1.61. The number of methoxy groups -OCH3 is 2. The van der Waals surface area contributed by atoms with Crippen molar-refractivity contribution in [2.75, 3.05) is 20.8 Å². The zero-order valence-corrected chi connectivity index (χ0v) is 10.5. The summed E-state index contributed by atoms with van der Waals surface area (Å²) in [6, 6.07) is 4.17. The quantitative estimate of drug-likeness (QED) is 0.682. The van der Waals surface area contributed by atoms with E-state index in [1.807, 2.05) is 0 Å². The van der Waals surface area contributed by atoms with Gasteiger partial charge in [-0.25, -0.2) is 4.79 Å². The molecule has 0 saturated heterocycles. The number of aromatic hydroxyl groups is 1. The van der Waals surface area contributed by atoms with Crippen LogP contribution < -0.4 is 10.1 Å². The van der Waals surface area contributed by atoms with E-state index in [0.29, 0.717) is 5.75 Å². The van der Waals surface area contributed by atoms with Crippen molar-refractivity contribution >= 4 is 11.9 Å². The molecule has 0 saturated carbocycles. The minimum absolute atomic E-state index is 0.000378. The molecule has 0 heterocycles. The van der Waals surface area contributed by atoms with Crippen LogP contribution in [0.2, 0.25) is 0 Å². The molecule has 1 aromatic rings. The number of carboxylic acid groups (broad SMARTS) is 1. The highest BCUT2D eigenvalue weighted by Crippen LogP contribution is 2.22. The Balaban J connectivity index is 2.75. The fourth-order valence-corrected chi connectivity index (χ4v) is 1.38. The second kappa shape index (κ2) is 6.60. The first-order valence-corrected chi connectivity index (χ1v) is 5.40. The van der Waals surface area contributed by atoms with Crippen LogP contribution in [0.5, 0.6) is 11.5 Å². The summed E-state index contributed by atoms with van der Waals surface area (Å²) < 4.78 is 9.61. The molecule has 1 atom stereocenters. The normalized spacial score (nSPS) is 11.7. The molecule has 1 amide bonds. The molecule has 3 N–H and O–H groups in total. The number of phenols is 1. The van der Waals surface area contributed by atoms with Gasteiger partial charge in [-0.1, -0.05) is 0 Å². The summed E-state index contributed by atoms with van der Waals surface area (Å²) in [7, 11) is 2.66. The lowest BCUT2D eigenvalue weighted by Gasteiger charge is -2.12. The summed E-state index contributed by atoms with van der Waals surface area (Å²) in [6.07, 6.45) is -1.14. The number of aliphatic carboxylic acids is 1. The molecular weight excluding hydrogens is 254 g/mol. The van der Waals surface area contributed by atoms with Crippen molar-refractivity contribution in [3.05, 3.63) is 23.8 Å². The van der Waals surface area contributed by atoms with Gasteiger partial charge in [0.05, 0.1) is 19.2 Å². The number of amides is 1. The molecule has 1 aromatic carbocycles. The molecule has 104 valence electrons. The standard InChI is InChI=1S/C12H15NO6/c1-18-7-3-4-9(14)8(5-7)11(15)13-6-10(19-2)12(16)17/h3-5,10,14H,6H2,1-2H3,(H,13,15)(H,16,17). The number of nitrogens with one attached hydrogen (secondary N) is 1. The fourth-order valence-electron chi connectivity index (χ4n) is 1.38. The van der Waals surface area contributed by atoms with Crippen molar-refractivity contribution < 1.29 is 29.3 Å². The van der Waals surface area contributed by atoms with E-state index in [1.165, 1.54) is 32.4 Å². The van der Waals surface area contributed by atoms with Crippen LogP contribution in [0.1, 0.15) is 10.4 Å². The first kappa shape index (κ1) is 14.8. The number of carboxylic acids is 1. The molecule has 0 bridgehead atoms. The van der Waals surface area contributed by atoms with Gasteiger partial charge in [0.25, 0.3) is 5.91 Å². The Bertz CT molecular complexity index is 473. The van der Waals surface area contributed by atoms with Gasteiger partial charge in [-0.3, -0.25) is 4.79 Å². The van der Waals surface area contributed by atoms with Crippen LogP contribution in [0.3, 0.4) is 0 Å². The van der Waals surface area contributed by atoms with E-state index in [0.717, 1.165) is 0 Å². The second-order valence-corrected chi connectivity index (χ2v) is 3.66. The Morgan fingerprint density at radius 1 is 1.37 bits per heavy atom. The highest BCUT2D eigenvalue weighted by molar-refractivity contribution is 5.97. The van der Waals surface area contributed by atoms with Crippen LogP contribution in [-0.4, -0.2) is 49.0 Å². The van der Waals surface area contributed by atoms with Crippen LogP contribution in [0, 0.1) is 0 Å². The first-order valence-electron chi connectivity index (χ1n) is 5.40. The number of carbonyl (C=O) groups is 2. The average molecular weight is 269 g/mol. The predicted molar refractivity (Wildman–Crippen MR) is 65.4 cm³/mol. The fraction of sp³-hybridized carbons (Fsp3) is 0.333. The van der Waals surface area contributed by atoms with Crippen LogP contribution in [0.4, 0.5) is 0 Å². The van der Waals surface area contributed by atoms with Crippen LogP contribution in [0.15, 0.2) is 18.2 Å². The molecule has 19 heavy (non-hydrogen) atoms. The maximum Gasteiger partial charge on any atom is 0.334 e. The van der Waals surface area contributed by atoms with E-state index in [9.17, 15) is 14.7 Å². The minimum atomic E-state index is -1.18. The summed E-state index contributed by atoms with van der Waals surface area (Å²) in [5, 5.41) is 20.7. The lowest BCUT2D eigenvalue weighted by molar-refractivity contribution is -0.148. The highest BCUT2D eigenvalue weighted by atomic mass is 16.5. The van der Waals surface area contributed by atoms with Gasteiger partial charge in [0.2, 0.25) is 0 Å². The average Bonchev–Trinajstić information content (AvgIpc) is 2.39. The topological polar surface area (TPSA) is 105 Å². The maximum absolute atomic E-state index is 11.8. The van der Waals surface area contributed by atoms with Crippen molar-refractivity contribution in [3.63, 3.8) is 0 Å². The SMILES string of the molecule is COc1ccc(O)c(C(=O)NCC(OC)C(=O)O)c1. The number of hydrogen-bond donors (Lipinski definition) is 3. The van der Waals surface area contributed by atoms with Crippen molar-refractivity contribution in [3.8, 4) is 11.5 Å². The second-order valence-electron chi connectivity index (χ2n) is 3.66. The van der Waals surface area contributed by atoms with Gasteiger partial charge < -0.3 is 25.0 Å². The van der Waals surface area contributed by atoms with E-state index in [4.69, 9.17) is 9.84 Å². The van der Waals surface area contributed by atoms with Crippen molar-refractivity contribution in [1.29, 1.82) is 0 Å². The first-order chi connectivity index (χ1) is 8.99. The Morgan fingerprint density at radius 3 is 2.58 bits per heavy atom. The third kappa shape index (κ3) is 3.85. The van der Waals surface area contributed by atoms with Crippen molar-refractivity contribution in [2.24, 2.45) is 0 Å². The Morgan fingerprint density at radius 2 is 2.05 bits per heavy atom. The molecule has 7 heteroatoms. The maximum atomic E-state index is 11.8. The van der Waals surface area contributed by atoms with Crippen LogP contribution in [0.25, 0.3) is 0 Å². The van der Waals surface area contributed by atoms with Crippen molar-refractivity contribution in [1.82, 2.24) is 5.32 Å². The molecule has 0 radical (unpaired) electrons. The zero-order chi connectivity index (χ0) is 14.4. The molecule has 1 unspecified atom stereocenters. The molecule has 0 fully saturated rings. The number of ether oxygens (including phenoxy) is 2. The van der Waals surface area contributed by atoms with E-state index >= 15 is 0 Å². The zero-order valence-electron chi connectivity index (χ0n) is 10.5. The molecule has 0 spiro atoms. The molecule has 7 nitrogen and oxygen atoms in total. The lowest BCUT2D eigenvalue weighted by atomic mass is 10.1. The summed E-state index contributed by atoms with van der Waals surface area (Å²) in [4.78, 5) is 22.5.